The predicted molar refractivity (Wildman–Crippen MR) is 60.0 cm³/mol. The van der Waals surface area contributed by atoms with Crippen molar-refractivity contribution < 1.29 is 13.2 Å². The minimum absolute atomic E-state index is 0.190. The molecule has 0 aliphatic carbocycles. The Bertz CT molecular complexity index is 437. The summed E-state index contributed by atoms with van der Waals surface area (Å²) in [6.45, 7) is -1.10. The Balaban J connectivity index is 3.02. The topological polar surface area (TPSA) is 27.0 Å². The summed E-state index contributed by atoms with van der Waals surface area (Å²) in [7, 11) is 1.30. The Morgan fingerprint density at radius 3 is 2.53 bits per heavy atom. The highest BCUT2D eigenvalue weighted by Crippen LogP contribution is 2.25. The van der Waals surface area contributed by atoms with Gasteiger partial charge in [-0.05, 0) is 17.7 Å². The molecule has 0 unspecified atom stereocenters. The van der Waals surface area contributed by atoms with Crippen LogP contribution in [0.5, 0.6) is 0 Å². The van der Waals surface area contributed by atoms with Crippen molar-refractivity contribution in [3.05, 3.63) is 29.3 Å². The smallest absolute Gasteiger partial charge is 0.365 e. The van der Waals surface area contributed by atoms with E-state index in [4.69, 9.17) is 16.9 Å². The molecule has 0 aliphatic heterocycles. The molecular formula is C11H10ClF3N2. The molecule has 0 N–H and O–H groups in total. The van der Waals surface area contributed by atoms with Crippen LogP contribution in [0.25, 0.3) is 0 Å². The van der Waals surface area contributed by atoms with E-state index in [9.17, 15) is 13.2 Å². The highest BCUT2D eigenvalue weighted by Gasteiger charge is 2.30. The monoisotopic (exact) mass is 262 g/mol. The third-order valence-electron chi connectivity index (χ3n) is 2.16. The Morgan fingerprint density at radius 2 is 2.06 bits per heavy atom. The van der Waals surface area contributed by atoms with E-state index in [1.807, 2.05) is 6.07 Å². The minimum Gasteiger partial charge on any atom is -0.365 e. The van der Waals surface area contributed by atoms with Crippen LogP contribution in [0, 0.1) is 11.3 Å². The fourth-order valence-electron chi connectivity index (χ4n) is 1.44. The molecule has 0 saturated heterocycles. The normalized spacial score (nSPS) is 11.1. The molecule has 0 radical (unpaired) electrons. The number of rotatable bonds is 3. The summed E-state index contributed by atoms with van der Waals surface area (Å²) in [6.07, 6.45) is -4.30. The summed E-state index contributed by atoms with van der Waals surface area (Å²) in [5.74, 6) is 0.220. The summed E-state index contributed by atoms with van der Waals surface area (Å²) in [6, 6.07) is 6.45. The van der Waals surface area contributed by atoms with Crippen molar-refractivity contribution in [2.24, 2.45) is 0 Å². The van der Waals surface area contributed by atoms with Crippen LogP contribution in [0.3, 0.4) is 0 Å². The fraction of sp³-hybridized carbons (Fsp3) is 0.364. The van der Waals surface area contributed by atoms with Gasteiger partial charge < -0.3 is 4.90 Å². The van der Waals surface area contributed by atoms with E-state index >= 15 is 0 Å². The number of anilines is 1. The first-order valence-corrected chi connectivity index (χ1v) is 5.27. The summed E-state index contributed by atoms with van der Waals surface area (Å²) < 4.78 is 36.7. The fourth-order valence-corrected chi connectivity index (χ4v) is 1.61. The predicted octanol–water partition coefficient (Wildman–Crippen LogP) is 3.30. The standard InChI is InChI=1S/C11H10ClF3N2/c1-17(7-11(13,14)15)10-3-2-8(5-12)4-9(10)6-16/h2-4H,5,7H2,1H3. The van der Waals surface area contributed by atoms with Gasteiger partial charge in [-0.1, -0.05) is 6.07 Å². The highest BCUT2D eigenvalue weighted by atomic mass is 35.5. The van der Waals surface area contributed by atoms with Crippen LogP contribution in [-0.2, 0) is 5.88 Å². The molecule has 2 nitrogen and oxygen atoms in total. The summed E-state index contributed by atoms with van der Waals surface area (Å²) >= 11 is 5.59. The van der Waals surface area contributed by atoms with Crippen LogP contribution >= 0.6 is 11.6 Å². The molecule has 0 spiro atoms. The average Bonchev–Trinajstić information content (AvgIpc) is 2.25. The van der Waals surface area contributed by atoms with Gasteiger partial charge in [0.2, 0.25) is 0 Å². The lowest BCUT2D eigenvalue weighted by Gasteiger charge is -2.22. The first-order valence-electron chi connectivity index (χ1n) is 4.74. The molecule has 0 amide bonds. The van der Waals surface area contributed by atoms with Crippen LogP contribution in [0.2, 0.25) is 0 Å². The van der Waals surface area contributed by atoms with Gasteiger partial charge in [0.15, 0.2) is 0 Å². The van der Waals surface area contributed by atoms with Crippen LogP contribution in [0.15, 0.2) is 18.2 Å². The average molecular weight is 263 g/mol. The zero-order valence-corrected chi connectivity index (χ0v) is 9.81. The van der Waals surface area contributed by atoms with Crippen LogP contribution < -0.4 is 4.90 Å². The SMILES string of the molecule is CN(CC(F)(F)F)c1ccc(CCl)cc1C#N. The summed E-state index contributed by atoms with van der Waals surface area (Å²) in [4.78, 5) is 0.997. The second-order valence-corrected chi connectivity index (χ2v) is 3.84. The maximum atomic E-state index is 12.2. The van der Waals surface area contributed by atoms with E-state index in [-0.39, 0.29) is 17.1 Å². The van der Waals surface area contributed by atoms with Crippen molar-refractivity contribution in [2.45, 2.75) is 12.1 Å². The van der Waals surface area contributed by atoms with E-state index in [1.165, 1.54) is 19.2 Å². The second-order valence-electron chi connectivity index (χ2n) is 3.57. The summed E-state index contributed by atoms with van der Waals surface area (Å²) in [5.41, 5.74) is 1.14. The maximum Gasteiger partial charge on any atom is 0.405 e. The van der Waals surface area contributed by atoms with E-state index in [2.05, 4.69) is 0 Å². The van der Waals surface area contributed by atoms with Gasteiger partial charge >= 0.3 is 6.18 Å². The molecule has 92 valence electrons. The molecule has 0 saturated carbocycles. The molecule has 0 bridgehead atoms. The molecule has 1 aromatic carbocycles. The maximum absolute atomic E-state index is 12.2. The Hall–Kier alpha value is -1.41. The molecule has 1 aromatic rings. The molecule has 0 atom stereocenters. The van der Waals surface area contributed by atoms with Gasteiger partial charge in [0.05, 0.1) is 11.3 Å². The van der Waals surface area contributed by atoms with Gasteiger partial charge in [0.1, 0.15) is 12.6 Å². The zero-order valence-electron chi connectivity index (χ0n) is 9.05. The van der Waals surface area contributed by atoms with Gasteiger partial charge in [-0.2, -0.15) is 18.4 Å². The van der Waals surface area contributed by atoms with Crippen molar-refractivity contribution in [2.75, 3.05) is 18.5 Å². The Morgan fingerprint density at radius 1 is 1.41 bits per heavy atom. The van der Waals surface area contributed by atoms with Gasteiger partial charge in [0, 0.05) is 12.9 Å². The van der Waals surface area contributed by atoms with Gasteiger partial charge in [-0.15, -0.1) is 11.6 Å². The van der Waals surface area contributed by atoms with E-state index < -0.39 is 12.7 Å². The molecule has 0 fully saturated rings. The van der Waals surface area contributed by atoms with E-state index in [0.717, 1.165) is 4.90 Å². The van der Waals surface area contributed by atoms with Crippen LogP contribution in [0.4, 0.5) is 18.9 Å². The van der Waals surface area contributed by atoms with Gasteiger partial charge in [-0.3, -0.25) is 0 Å². The van der Waals surface area contributed by atoms with Crippen molar-refractivity contribution >= 4 is 17.3 Å². The number of nitriles is 1. The third-order valence-corrected chi connectivity index (χ3v) is 2.47. The second kappa shape index (κ2) is 5.28. The lowest BCUT2D eigenvalue weighted by Crippen LogP contribution is -2.31. The largest absolute Gasteiger partial charge is 0.405 e. The van der Waals surface area contributed by atoms with Crippen molar-refractivity contribution in [3.63, 3.8) is 0 Å². The van der Waals surface area contributed by atoms with E-state index in [0.29, 0.717) is 5.56 Å². The van der Waals surface area contributed by atoms with Gasteiger partial charge in [0.25, 0.3) is 0 Å². The highest BCUT2D eigenvalue weighted by molar-refractivity contribution is 6.17. The van der Waals surface area contributed by atoms with Crippen molar-refractivity contribution in [1.29, 1.82) is 5.26 Å². The molecule has 0 aliphatic rings. The Kier molecular flexibility index (Phi) is 4.24. The first kappa shape index (κ1) is 13.7. The number of halogens is 4. The minimum atomic E-state index is -4.30. The van der Waals surface area contributed by atoms with Crippen LogP contribution in [0.1, 0.15) is 11.1 Å². The first-order chi connectivity index (χ1) is 7.87. The molecule has 6 heteroatoms. The lowest BCUT2D eigenvalue weighted by molar-refractivity contribution is -0.119. The molecule has 0 heterocycles. The molecule has 17 heavy (non-hydrogen) atoms. The summed E-state index contributed by atoms with van der Waals surface area (Å²) in [5, 5.41) is 8.88. The van der Waals surface area contributed by atoms with E-state index in [1.54, 1.807) is 6.07 Å². The molecular weight excluding hydrogens is 253 g/mol. The number of hydrogen-bond acceptors (Lipinski definition) is 2. The van der Waals surface area contributed by atoms with Crippen LogP contribution in [-0.4, -0.2) is 19.8 Å². The van der Waals surface area contributed by atoms with Crippen molar-refractivity contribution in [1.82, 2.24) is 0 Å². The number of hydrogen-bond donors (Lipinski definition) is 0. The number of nitrogens with zero attached hydrogens (tertiary/aromatic N) is 2. The van der Waals surface area contributed by atoms with Crippen molar-refractivity contribution in [3.8, 4) is 6.07 Å². The third kappa shape index (κ3) is 3.82. The number of benzene rings is 1. The lowest BCUT2D eigenvalue weighted by atomic mass is 10.1. The number of alkyl halides is 4. The van der Waals surface area contributed by atoms with Gasteiger partial charge in [-0.25, -0.2) is 0 Å². The Labute approximate surface area is 102 Å². The molecule has 1 rings (SSSR count). The molecule has 0 aromatic heterocycles. The quantitative estimate of drug-likeness (QED) is 0.782. The zero-order chi connectivity index (χ0) is 13.1.